The van der Waals surface area contributed by atoms with Gasteiger partial charge < -0.3 is 65.1 Å². The molecule has 0 aliphatic carbocycles. The molecule has 0 saturated carbocycles. The van der Waals surface area contributed by atoms with E-state index in [0.717, 1.165) is 89.9 Å². The van der Waals surface area contributed by atoms with Crippen LogP contribution in [0, 0.1) is 0 Å². The smallest absolute Gasteiger partial charge is 0.220 e. The molecular weight excluding hydrogens is 1330 g/mol. The van der Waals surface area contributed by atoms with E-state index in [1.165, 1.54) is 257 Å². The summed E-state index contributed by atoms with van der Waals surface area (Å²) in [7, 11) is 0. The maximum Gasteiger partial charge on any atom is 0.220 e. The number of ether oxygens (including phenoxy) is 4. The van der Waals surface area contributed by atoms with Gasteiger partial charge in [-0.05, 0) is 83.5 Å². The van der Waals surface area contributed by atoms with Crippen molar-refractivity contribution in [3.05, 3.63) is 109 Å². The number of hydrogen-bond donors (Lipinski definition) is 9. The fourth-order valence-electron chi connectivity index (χ4n) is 14.1. The molecule has 14 heteroatoms. The van der Waals surface area contributed by atoms with Gasteiger partial charge in [0.25, 0.3) is 0 Å². The van der Waals surface area contributed by atoms with Crippen molar-refractivity contribution in [1.29, 1.82) is 0 Å². The van der Waals surface area contributed by atoms with Crippen LogP contribution in [-0.2, 0) is 23.7 Å². The van der Waals surface area contributed by atoms with Gasteiger partial charge in [0.15, 0.2) is 12.6 Å². The number of rotatable bonds is 74. The van der Waals surface area contributed by atoms with Crippen LogP contribution in [0.4, 0.5) is 0 Å². The van der Waals surface area contributed by atoms with Crippen LogP contribution >= 0.6 is 0 Å². The first-order chi connectivity index (χ1) is 52.1. The Labute approximate surface area is 648 Å². The third-order valence-corrected chi connectivity index (χ3v) is 21.0. The lowest BCUT2D eigenvalue weighted by molar-refractivity contribution is -0.359. The SMILES string of the molecule is CC/C=C\C/C=C\C/C=C\C/C=C\C/C=C\C/C=C\C/C=C\C/C=C\CCCCCCCCCCCCCCCCCCC(=O)NC(COC1OC(CO)C(OC2OC(CO)C(O)C(O)C2O)C(O)C1O)C(O)/C=C/CCCCCCCCCCCCCCCCCCCCCCCCCCCCCCC. The molecule has 0 aromatic heterocycles. The molecule has 2 saturated heterocycles. The number of carbonyl (C=O) groups excluding carboxylic acids is 1. The lowest BCUT2D eigenvalue weighted by Crippen LogP contribution is -2.65. The fraction of sp³-hybridized carbons (Fsp3) is 0.793. The predicted octanol–water partition coefficient (Wildman–Crippen LogP) is 21.4. The summed E-state index contributed by atoms with van der Waals surface area (Å²) in [6.07, 6.45) is 91.8. The summed E-state index contributed by atoms with van der Waals surface area (Å²) in [4.78, 5) is 13.4. The van der Waals surface area contributed by atoms with Gasteiger partial charge in [-0.15, -0.1) is 0 Å². The highest BCUT2D eigenvalue weighted by atomic mass is 16.7. The van der Waals surface area contributed by atoms with E-state index < -0.39 is 86.8 Å². The Morgan fingerprint density at radius 1 is 0.349 bits per heavy atom. The Morgan fingerprint density at radius 2 is 0.651 bits per heavy atom. The Balaban J connectivity index is 1.58. The van der Waals surface area contributed by atoms with E-state index in [9.17, 15) is 45.6 Å². The van der Waals surface area contributed by atoms with E-state index in [2.05, 4.69) is 116 Å². The van der Waals surface area contributed by atoms with Gasteiger partial charge in [-0.3, -0.25) is 4.79 Å². The minimum Gasteiger partial charge on any atom is -0.394 e. The number of hydrogen-bond acceptors (Lipinski definition) is 13. The van der Waals surface area contributed by atoms with Gasteiger partial charge in [-0.1, -0.05) is 393 Å². The first-order valence-corrected chi connectivity index (χ1v) is 44.1. The molecule has 12 unspecified atom stereocenters. The lowest BCUT2D eigenvalue weighted by atomic mass is 9.97. The van der Waals surface area contributed by atoms with E-state index in [-0.39, 0.29) is 18.9 Å². The first kappa shape index (κ1) is 98.7. The summed E-state index contributed by atoms with van der Waals surface area (Å²) < 4.78 is 23.0. The van der Waals surface area contributed by atoms with Crippen LogP contribution in [0.5, 0.6) is 0 Å². The van der Waals surface area contributed by atoms with Crippen LogP contribution in [0.1, 0.15) is 373 Å². The van der Waals surface area contributed by atoms with E-state index in [1.807, 2.05) is 6.08 Å². The average molecular weight is 1490 g/mol. The molecule has 0 bridgehead atoms. The normalized spacial score (nSPS) is 21.8. The largest absolute Gasteiger partial charge is 0.394 e. The van der Waals surface area contributed by atoms with Crippen LogP contribution in [0.15, 0.2) is 109 Å². The summed E-state index contributed by atoms with van der Waals surface area (Å²) in [6, 6.07) is -0.922. The highest BCUT2D eigenvalue weighted by molar-refractivity contribution is 5.76. The van der Waals surface area contributed by atoms with Crippen molar-refractivity contribution in [3.8, 4) is 0 Å². The van der Waals surface area contributed by atoms with E-state index in [4.69, 9.17) is 18.9 Å². The molecule has 0 aromatic rings. The van der Waals surface area contributed by atoms with Crippen molar-refractivity contribution in [1.82, 2.24) is 5.32 Å². The van der Waals surface area contributed by atoms with Crippen molar-refractivity contribution in [2.45, 2.75) is 447 Å². The molecule has 106 heavy (non-hydrogen) atoms. The zero-order valence-corrected chi connectivity index (χ0v) is 67.7. The summed E-state index contributed by atoms with van der Waals surface area (Å²) in [6.45, 7) is 2.74. The van der Waals surface area contributed by atoms with E-state index >= 15 is 0 Å². The minimum atomic E-state index is -1.79. The number of amides is 1. The molecule has 2 rings (SSSR count). The molecule has 2 fully saturated rings. The van der Waals surface area contributed by atoms with Crippen LogP contribution in [0.3, 0.4) is 0 Å². The second kappa shape index (κ2) is 74.4. The maximum absolute atomic E-state index is 13.4. The van der Waals surface area contributed by atoms with Crippen LogP contribution in [0.25, 0.3) is 0 Å². The number of unbranched alkanes of at least 4 members (excludes halogenated alkanes) is 45. The van der Waals surface area contributed by atoms with E-state index in [0.29, 0.717) is 6.42 Å². The second-order valence-electron chi connectivity index (χ2n) is 30.6. The topological polar surface area (TPSA) is 228 Å². The molecule has 0 radical (unpaired) electrons. The standard InChI is InChI=1S/C92H163NO13/c1-3-5-7-9-11-13-15-17-19-21-23-25-27-29-31-33-35-36-37-38-39-40-41-42-43-44-46-48-50-52-54-56-58-60-62-64-66-68-70-72-74-76-84(97)93-80(79-103-91-89(102)87(100)90(83(78-95)105-91)106-92-88(101)86(99)85(98)82(77-94)104-92)81(96)75-73-71-69-67-65-63-61-59-57-55-53-51-49-47-45-34-32-30-28-26-24-22-20-18-16-14-12-10-8-6-4-2/h5,7,11,13,17,19,23,25,29,31,35-36,38-39,41-42,73,75,80-83,85-92,94-96,98-102H,3-4,6,8-10,12,14-16,18,20-22,24,26-28,30,32-34,37,40,43-72,74,76-79H2,1-2H3,(H,93,97)/b7-5-,13-11-,19-17-,25-23-,31-29-,36-35-,39-38-,42-41-,75-73+. The van der Waals surface area contributed by atoms with Crippen molar-refractivity contribution in [2.75, 3.05) is 19.8 Å². The second-order valence-corrected chi connectivity index (χ2v) is 30.6. The Kier molecular flexibility index (Phi) is 69.3. The van der Waals surface area contributed by atoms with Crippen molar-refractivity contribution < 1.29 is 64.6 Å². The average Bonchev–Trinajstić information content (AvgIpc) is 0.790. The third kappa shape index (κ3) is 56.0. The zero-order valence-electron chi connectivity index (χ0n) is 67.7. The van der Waals surface area contributed by atoms with Crippen LogP contribution in [-0.4, -0.2) is 140 Å². The Hall–Kier alpha value is -3.35. The van der Waals surface area contributed by atoms with Crippen molar-refractivity contribution in [3.63, 3.8) is 0 Å². The molecule has 614 valence electrons. The molecule has 14 nitrogen and oxygen atoms in total. The number of aliphatic hydroxyl groups is 8. The van der Waals surface area contributed by atoms with Gasteiger partial charge in [0, 0.05) is 6.42 Å². The molecule has 1 amide bonds. The third-order valence-electron chi connectivity index (χ3n) is 21.0. The van der Waals surface area contributed by atoms with Gasteiger partial charge in [0.2, 0.25) is 5.91 Å². The molecule has 2 aliphatic rings. The minimum absolute atomic E-state index is 0.237. The number of nitrogens with one attached hydrogen (secondary N) is 1. The van der Waals surface area contributed by atoms with Crippen molar-refractivity contribution >= 4 is 5.91 Å². The van der Waals surface area contributed by atoms with Gasteiger partial charge >= 0.3 is 0 Å². The quantitative estimate of drug-likeness (QED) is 0.0204. The summed E-state index contributed by atoms with van der Waals surface area (Å²) in [5, 5.41) is 87.9. The van der Waals surface area contributed by atoms with Crippen LogP contribution in [0.2, 0.25) is 0 Å². The molecule has 0 spiro atoms. The highest BCUT2D eigenvalue weighted by Gasteiger charge is 2.51. The van der Waals surface area contributed by atoms with Gasteiger partial charge in [0.05, 0.1) is 32.0 Å². The Bertz CT molecular complexity index is 2210. The number of aliphatic hydroxyl groups excluding tert-OH is 8. The zero-order chi connectivity index (χ0) is 76.5. The predicted molar refractivity (Wildman–Crippen MR) is 442 cm³/mol. The van der Waals surface area contributed by atoms with Gasteiger partial charge in [-0.25, -0.2) is 0 Å². The molecule has 2 heterocycles. The fourth-order valence-corrected chi connectivity index (χ4v) is 14.1. The summed E-state index contributed by atoms with van der Waals surface area (Å²) in [5.74, 6) is -0.237. The van der Waals surface area contributed by atoms with Gasteiger partial charge in [-0.2, -0.15) is 0 Å². The highest BCUT2D eigenvalue weighted by Crippen LogP contribution is 2.30. The van der Waals surface area contributed by atoms with Crippen molar-refractivity contribution in [2.24, 2.45) is 0 Å². The maximum atomic E-state index is 13.4. The molecule has 0 aromatic carbocycles. The Morgan fingerprint density at radius 3 is 1.00 bits per heavy atom. The summed E-state index contributed by atoms with van der Waals surface area (Å²) >= 11 is 0. The molecular formula is C92H163NO13. The van der Waals surface area contributed by atoms with Crippen LogP contribution < -0.4 is 5.32 Å². The molecule has 12 atom stereocenters. The van der Waals surface area contributed by atoms with E-state index in [1.54, 1.807) is 6.08 Å². The van der Waals surface area contributed by atoms with Gasteiger partial charge in [0.1, 0.15) is 48.8 Å². The number of allylic oxidation sites excluding steroid dienone is 17. The monoisotopic (exact) mass is 1490 g/mol. The molecule has 9 N–H and O–H groups in total. The molecule has 2 aliphatic heterocycles. The first-order valence-electron chi connectivity index (χ1n) is 44.1. The summed E-state index contributed by atoms with van der Waals surface area (Å²) in [5.41, 5.74) is 0. The lowest BCUT2D eigenvalue weighted by Gasteiger charge is -2.46. The number of carbonyl (C=O) groups is 1.